The first-order valence-corrected chi connectivity index (χ1v) is 20.5. The van der Waals surface area contributed by atoms with E-state index in [0.717, 1.165) is 35.4 Å². The molecule has 1 unspecified atom stereocenters. The van der Waals surface area contributed by atoms with Gasteiger partial charge in [-0.15, -0.1) is 0 Å². The molecule has 1 aliphatic heterocycles. The number of halogens is 10. The summed E-state index contributed by atoms with van der Waals surface area (Å²) in [7, 11) is 0. The van der Waals surface area contributed by atoms with Gasteiger partial charge in [0.2, 0.25) is 0 Å². The molecule has 1 atom stereocenters. The Hall–Kier alpha value is -5.78. The molecule has 20 heteroatoms. The number of hydrogen-bond acceptors (Lipinski definition) is 10. The monoisotopic (exact) mass is 998 g/mol. The van der Waals surface area contributed by atoms with Crippen molar-refractivity contribution < 1.29 is 55.5 Å². The number of nitriles is 2. The topological polar surface area (TPSA) is 154 Å². The first-order valence-electron chi connectivity index (χ1n) is 19.0. The Morgan fingerprint density at radius 2 is 1.21 bits per heavy atom. The standard InChI is InChI=1S/C23H19Cl2F3N2O3.C13H17NO3.C10H4Cl2F3N/c1-12-7-13(5-6-15(12)20(31)32-21(2,3)4)19-10-22(33-30-19,23(26,27)28)14-8-17(24)16(11-29)18(25)9-14;1-9-7-10(8-14-16)5-6-11(9)12(15)17-13(2,3)4;1-5(10(13,14)15)6-2-8(11)7(4-16)9(12)3-6/h5-9H,10H2,1-4H3;5-8,16H,1-4H3;2-3H,1H2/b;14-8+;. The van der Waals surface area contributed by atoms with Crippen LogP contribution >= 0.6 is 46.4 Å². The summed E-state index contributed by atoms with van der Waals surface area (Å²) in [6, 6.07) is 17.1. The van der Waals surface area contributed by atoms with E-state index in [1.165, 1.54) is 18.3 Å². The lowest BCUT2D eigenvalue weighted by atomic mass is 9.85. The third-order valence-electron chi connectivity index (χ3n) is 8.91. The van der Waals surface area contributed by atoms with Crippen molar-refractivity contribution in [2.75, 3.05) is 0 Å². The van der Waals surface area contributed by atoms with Crippen LogP contribution in [0.25, 0.3) is 5.57 Å². The molecule has 1 aliphatic rings. The van der Waals surface area contributed by atoms with Gasteiger partial charge < -0.3 is 19.5 Å². The van der Waals surface area contributed by atoms with Gasteiger partial charge in [-0.1, -0.05) is 75.4 Å². The molecule has 0 aromatic heterocycles. The second-order valence-electron chi connectivity index (χ2n) is 16.3. The van der Waals surface area contributed by atoms with Gasteiger partial charge in [0.05, 0.1) is 59.8 Å². The quantitative estimate of drug-likeness (QED) is 0.0658. The number of benzene rings is 4. The molecule has 0 spiro atoms. The van der Waals surface area contributed by atoms with Gasteiger partial charge in [-0.3, -0.25) is 0 Å². The predicted octanol–water partition coefficient (Wildman–Crippen LogP) is 13.9. The Morgan fingerprint density at radius 1 is 0.773 bits per heavy atom. The minimum absolute atomic E-state index is 0.0303. The van der Waals surface area contributed by atoms with E-state index in [0.29, 0.717) is 22.3 Å². The fourth-order valence-electron chi connectivity index (χ4n) is 5.79. The summed E-state index contributed by atoms with van der Waals surface area (Å²) in [4.78, 5) is 29.2. The van der Waals surface area contributed by atoms with Crippen molar-refractivity contribution in [1.82, 2.24) is 0 Å². The number of esters is 2. The van der Waals surface area contributed by atoms with E-state index in [-0.39, 0.29) is 54.0 Å². The number of aryl methyl sites for hydroxylation is 2. The number of hydrogen-bond donors (Lipinski definition) is 1. The molecule has 0 aliphatic carbocycles. The molecule has 66 heavy (non-hydrogen) atoms. The van der Waals surface area contributed by atoms with Crippen molar-refractivity contribution in [2.45, 2.75) is 91.0 Å². The SMILES string of the molecule is C=C(c1cc(Cl)c(C#N)c(Cl)c1)C(F)(F)F.Cc1cc(/C=N/O)ccc1C(=O)OC(C)(C)C.Cc1cc(C2=NOC(c3cc(Cl)c(C#N)c(Cl)c3)(C(F)(F)F)C2)ccc1C(=O)OC(C)(C)C. The van der Waals surface area contributed by atoms with E-state index >= 15 is 0 Å². The summed E-state index contributed by atoms with van der Waals surface area (Å²) in [5.41, 5.74) is -2.65. The molecule has 1 heterocycles. The number of ether oxygens (including phenoxy) is 2. The van der Waals surface area contributed by atoms with Crippen LogP contribution in [0.2, 0.25) is 20.1 Å². The molecular weight excluding hydrogens is 960 g/mol. The minimum atomic E-state index is -4.87. The van der Waals surface area contributed by atoms with Crippen LogP contribution in [0.1, 0.15) is 113 Å². The Bertz CT molecular complexity index is 2630. The van der Waals surface area contributed by atoms with Crippen molar-refractivity contribution in [3.8, 4) is 12.1 Å². The second-order valence-corrected chi connectivity index (χ2v) is 17.9. The summed E-state index contributed by atoms with van der Waals surface area (Å²) in [6.07, 6.45) is -8.77. The molecule has 0 amide bonds. The van der Waals surface area contributed by atoms with E-state index in [1.54, 1.807) is 64.1 Å². The maximum atomic E-state index is 14.2. The summed E-state index contributed by atoms with van der Waals surface area (Å²) in [6.45, 7) is 17.1. The van der Waals surface area contributed by atoms with Crippen LogP contribution in [0.4, 0.5) is 26.3 Å². The number of allylic oxidation sites excluding steroid dienone is 1. The van der Waals surface area contributed by atoms with Gasteiger partial charge in [-0.05, 0) is 132 Å². The first kappa shape index (κ1) is 54.6. The predicted molar refractivity (Wildman–Crippen MR) is 239 cm³/mol. The largest absolute Gasteiger partial charge is 0.456 e. The Balaban J connectivity index is 0.000000294. The smallest absolute Gasteiger partial charge is 0.435 e. The minimum Gasteiger partial charge on any atom is -0.456 e. The number of carbonyl (C=O) groups is 2. The molecule has 1 N–H and O–H groups in total. The van der Waals surface area contributed by atoms with Crippen LogP contribution < -0.4 is 0 Å². The highest BCUT2D eigenvalue weighted by Crippen LogP contribution is 2.50. The fourth-order valence-corrected chi connectivity index (χ4v) is 6.93. The third kappa shape index (κ3) is 13.9. The maximum absolute atomic E-state index is 14.2. The molecule has 5 rings (SSSR count). The van der Waals surface area contributed by atoms with E-state index in [1.807, 2.05) is 27.7 Å². The molecule has 4 aromatic carbocycles. The average Bonchev–Trinajstić information content (AvgIpc) is 3.64. The highest BCUT2D eigenvalue weighted by atomic mass is 35.5. The molecule has 4 aromatic rings. The van der Waals surface area contributed by atoms with Gasteiger partial charge in [0.25, 0.3) is 5.60 Å². The van der Waals surface area contributed by atoms with Crippen molar-refractivity contribution >= 4 is 75.8 Å². The molecular formula is C46H40Cl4F6N4O6. The normalized spacial score (nSPS) is 14.9. The van der Waals surface area contributed by atoms with Gasteiger partial charge in [0.1, 0.15) is 23.3 Å². The molecule has 0 saturated carbocycles. The summed E-state index contributed by atoms with van der Waals surface area (Å²) >= 11 is 23.2. The van der Waals surface area contributed by atoms with Crippen molar-refractivity contribution in [2.24, 2.45) is 10.3 Å². The Labute approximate surface area is 396 Å². The number of nitrogens with zero attached hydrogens (tertiary/aromatic N) is 4. The molecule has 0 radical (unpaired) electrons. The summed E-state index contributed by atoms with van der Waals surface area (Å²) < 4.78 is 90.3. The van der Waals surface area contributed by atoms with Crippen LogP contribution in [-0.4, -0.2) is 52.6 Å². The van der Waals surface area contributed by atoms with Crippen LogP contribution in [0, 0.1) is 36.5 Å². The van der Waals surface area contributed by atoms with Crippen LogP contribution in [0.15, 0.2) is 77.6 Å². The zero-order valence-corrected chi connectivity index (χ0v) is 39.3. The molecule has 0 saturated heterocycles. The highest BCUT2D eigenvalue weighted by Gasteiger charge is 2.62. The van der Waals surface area contributed by atoms with E-state index in [2.05, 4.69) is 16.9 Å². The van der Waals surface area contributed by atoms with Gasteiger partial charge in [-0.2, -0.15) is 36.9 Å². The molecule has 0 bridgehead atoms. The van der Waals surface area contributed by atoms with E-state index in [9.17, 15) is 35.9 Å². The first-order chi connectivity index (χ1) is 30.3. The zero-order chi connectivity index (χ0) is 50.3. The van der Waals surface area contributed by atoms with Crippen LogP contribution in [-0.2, 0) is 19.9 Å². The van der Waals surface area contributed by atoms with Crippen molar-refractivity contribution in [3.63, 3.8) is 0 Å². The van der Waals surface area contributed by atoms with Crippen LogP contribution in [0.5, 0.6) is 0 Å². The van der Waals surface area contributed by atoms with Gasteiger partial charge in [0.15, 0.2) is 0 Å². The highest BCUT2D eigenvalue weighted by molar-refractivity contribution is 6.37. The summed E-state index contributed by atoms with van der Waals surface area (Å²) in [5.74, 6) is -0.884. The fraction of sp³-hybridized carbons (Fsp3) is 0.304. The lowest BCUT2D eigenvalue weighted by molar-refractivity contribution is -0.275. The number of carbonyl (C=O) groups excluding carboxylic acids is 2. The Kier molecular flexibility index (Phi) is 17.6. The number of oxime groups is 2. The zero-order valence-electron chi connectivity index (χ0n) is 36.3. The average molecular weight is 1000 g/mol. The maximum Gasteiger partial charge on any atom is 0.435 e. The summed E-state index contributed by atoms with van der Waals surface area (Å²) in [5, 5.41) is 32.1. The van der Waals surface area contributed by atoms with Gasteiger partial charge >= 0.3 is 24.3 Å². The molecule has 0 fully saturated rings. The molecule has 10 nitrogen and oxygen atoms in total. The number of alkyl halides is 6. The van der Waals surface area contributed by atoms with Crippen molar-refractivity contribution in [1.29, 1.82) is 10.5 Å². The van der Waals surface area contributed by atoms with E-state index in [4.69, 9.17) is 76.4 Å². The van der Waals surface area contributed by atoms with Gasteiger partial charge in [-0.25, -0.2) is 9.59 Å². The van der Waals surface area contributed by atoms with Crippen molar-refractivity contribution in [3.05, 3.63) is 143 Å². The van der Waals surface area contributed by atoms with E-state index < -0.39 is 47.1 Å². The molecule has 350 valence electrons. The van der Waals surface area contributed by atoms with Crippen LogP contribution in [0.3, 0.4) is 0 Å². The third-order valence-corrected chi connectivity index (χ3v) is 10.1. The van der Waals surface area contributed by atoms with Gasteiger partial charge in [0, 0.05) is 12.0 Å². The number of rotatable bonds is 6. The Morgan fingerprint density at radius 3 is 1.59 bits per heavy atom. The lowest BCUT2D eigenvalue weighted by Crippen LogP contribution is -2.42. The lowest BCUT2D eigenvalue weighted by Gasteiger charge is -2.30. The second kappa shape index (κ2) is 21.2.